The van der Waals surface area contributed by atoms with Crippen LogP contribution in [-0.2, 0) is 21.4 Å². The first kappa shape index (κ1) is 21.2. The van der Waals surface area contributed by atoms with Gasteiger partial charge in [0.25, 0.3) is 0 Å². The predicted octanol–water partition coefficient (Wildman–Crippen LogP) is 3.29. The molecule has 0 saturated carbocycles. The molecule has 29 heavy (non-hydrogen) atoms. The Bertz CT molecular complexity index is 906. The number of sulfonamides is 1. The van der Waals surface area contributed by atoms with Crippen LogP contribution in [0.1, 0.15) is 25.3 Å². The molecule has 0 aromatic heterocycles. The molecule has 156 valence electrons. The number of hydrogen-bond acceptors (Lipinski definition) is 4. The number of anilines is 1. The summed E-state index contributed by atoms with van der Waals surface area (Å²) < 4.78 is 31.6. The fourth-order valence-electron chi connectivity index (χ4n) is 3.33. The lowest BCUT2D eigenvalue weighted by molar-refractivity contribution is -0.130. The van der Waals surface area contributed by atoms with Crippen molar-refractivity contribution >= 4 is 21.6 Å². The van der Waals surface area contributed by atoms with Gasteiger partial charge in [-0.2, -0.15) is 0 Å². The van der Waals surface area contributed by atoms with Gasteiger partial charge in [0.15, 0.2) is 0 Å². The quantitative estimate of drug-likeness (QED) is 0.695. The molecule has 0 aliphatic carbocycles. The number of ether oxygens (including phenoxy) is 1. The van der Waals surface area contributed by atoms with Crippen LogP contribution in [0.15, 0.2) is 54.6 Å². The summed E-state index contributed by atoms with van der Waals surface area (Å²) in [5.41, 5.74) is 1.51. The fourth-order valence-corrected chi connectivity index (χ4v) is 4.18. The van der Waals surface area contributed by atoms with Gasteiger partial charge in [-0.15, -0.1) is 0 Å². The summed E-state index contributed by atoms with van der Waals surface area (Å²) in [5, 5.41) is 0. The summed E-state index contributed by atoms with van der Waals surface area (Å²) >= 11 is 0. The summed E-state index contributed by atoms with van der Waals surface area (Å²) in [7, 11) is -3.59. The van der Waals surface area contributed by atoms with Gasteiger partial charge >= 0.3 is 0 Å². The Balaban J connectivity index is 1.66. The first-order valence-corrected chi connectivity index (χ1v) is 11.7. The number of amides is 1. The lowest BCUT2D eigenvalue weighted by atomic mass is 9.99. The molecule has 1 heterocycles. The van der Waals surface area contributed by atoms with E-state index in [1.165, 1.54) is 0 Å². The molecule has 1 saturated heterocycles. The highest BCUT2D eigenvalue weighted by Crippen LogP contribution is 2.23. The van der Waals surface area contributed by atoms with Crippen LogP contribution in [0.5, 0.6) is 5.75 Å². The number of nitrogens with zero attached hydrogens (tertiary/aromatic N) is 2. The number of likely N-dealkylation sites (tertiary alicyclic amines) is 1. The Morgan fingerprint density at radius 1 is 1.07 bits per heavy atom. The van der Waals surface area contributed by atoms with Crippen molar-refractivity contribution in [1.29, 1.82) is 0 Å². The summed E-state index contributed by atoms with van der Waals surface area (Å²) in [6, 6.07) is 16.6. The van der Waals surface area contributed by atoms with Crippen LogP contribution in [0, 0.1) is 5.92 Å². The molecule has 1 amide bonds. The molecule has 0 spiro atoms. The van der Waals surface area contributed by atoms with Crippen molar-refractivity contribution in [3.63, 3.8) is 0 Å². The maximum Gasteiger partial charge on any atom is 0.243 e. The zero-order valence-electron chi connectivity index (χ0n) is 17.0. The Labute approximate surface area is 173 Å². The van der Waals surface area contributed by atoms with Gasteiger partial charge in [-0.1, -0.05) is 37.3 Å². The molecule has 0 atom stereocenters. The summed E-state index contributed by atoms with van der Waals surface area (Å²) in [6.07, 6.45) is 3.04. The maximum absolute atomic E-state index is 12.7. The lowest BCUT2D eigenvalue weighted by Crippen LogP contribution is -2.45. The molecule has 0 N–H and O–H groups in total. The SMILES string of the molecule is CC1CCN(C(=O)CN(c2ccc(OCc3ccccc3)cc2)S(C)(=O)=O)CC1. The molecule has 1 fully saturated rings. The third-order valence-electron chi connectivity index (χ3n) is 5.19. The van der Waals surface area contributed by atoms with Crippen molar-refractivity contribution < 1.29 is 17.9 Å². The van der Waals surface area contributed by atoms with E-state index in [2.05, 4.69) is 6.92 Å². The lowest BCUT2D eigenvalue weighted by Gasteiger charge is -2.32. The van der Waals surface area contributed by atoms with E-state index < -0.39 is 10.0 Å². The van der Waals surface area contributed by atoms with Gasteiger partial charge in [0.1, 0.15) is 18.9 Å². The van der Waals surface area contributed by atoms with Gasteiger partial charge in [0.2, 0.25) is 15.9 Å². The average molecular weight is 417 g/mol. The minimum atomic E-state index is -3.59. The van der Waals surface area contributed by atoms with Gasteiger partial charge in [-0.05, 0) is 48.6 Å². The topological polar surface area (TPSA) is 66.9 Å². The highest BCUT2D eigenvalue weighted by molar-refractivity contribution is 7.92. The van der Waals surface area contributed by atoms with Crippen molar-refractivity contribution in [2.24, 2.45) is 5.92 Å². The molecular weight excluding hydrogens is 388 g/mol. The summed E-state index contributed by atoms with van der Waals surface area (Å²) in [5.74, 6) is 1.09. The second-order valence-electron chi connectivity index (χ2n) is 7.60. The van der Waals surface area contributed by atoms with Crippen LogP contribution in [-0.4, -0.2) is 45.1 Å². The fraction of sp³-hybridized carbons (Fsp3) is 0.409. The smallest absolute Gasteiger partial charge is 0.243 e. The van der Waals surface area contributed by atoms with Gasteiger partial charge in [-0.25, -0.2) is 8.42 Å². The maximum atomic E-state index is 12.7. The molecule has 1 aliphatic heterocycles. The number of hydrogen-bond donors (Lipinski definition) is 0. The van der Waals surface area contributed by atoms with E-state index in [-0.39, 0.29) is 12.5 Å². The van der Waals surface area contributed by atoms with Crippen molar-refractivity contribution in [1.82, 2.24) is 4.90 Å². The summed E-state index contributed by atoms with van der Waals surface area (Å²) in [6.45, 7) is 3.79. The van der Waals surface area contributed by atoms with Gasteiger partial charge in [0.05, 0.1) is 11.9 Å². The van der Waals surface area contributed by atoms with E-state index in [1.54, 1.807) is 29.2 Å². The first-order valence-electron chi connectivity index (χ1n) is 9.85. The van der Waals surface area contributed by atoms with Crippen LogP contribution in [0.4, 0.5) is 5.69 Å². The third kappa shape index (κ3) is 5.97. The number of benzene rings is 2. The molecule has 0 bridgehead atoms. The molecule has 1 aliphatic rings. The average Bonchev–Trinajstić information content (AvgIpc) is 2.71. The Morgan fingerprint density at radius 2 is 1.69 bits per heavy atom. The first-order chi connectivity index (χ1) is 13.8. The Kier molecular flexibility index (Phi) is 6.79. The van der Waals surface area contributed by atoms with E-state index in [1.807, 2.05) is 30.3 Å². The van der Waals surface area contributed by atoms with Crippen LogP contribution in [0.3, 0.4) is 0 Å². The predicted molar refractivity (Wildman–Crippen MR) is 114 cm³/mol. The van der Waals surface area contributed by atoms with Crippen molar-refractivity contribution in [3.05, 3.63) is 60.2 Å². The van der Waals surface area contributed by atoms with E-state index in [9.17, 15) is 13.2 Å². The van der Waals surface area contributed by atoms with Crippen LogP contribution < -0.4 is 9.04 Å². The van der Waals surface area contributed by atoms with Crippen LogP contribution in [0.25, 0.3) is 0 Å². The van der Waals surface area contributed by atoms with Gasteiger partial charge in [0, 0.05) is 13.1 Å². The Hall–Kier alpha value is -2.54. The van der Waals surface area contributed by atoms with Crippen LogP contribution in [0.2, 0.25) is 0 Å². The molecule has 7 heteroatoms. The number of piperidine rings is 1. The van der Waals surface area contributed by atoms with E-state index in [0.29, 0.717) is 37.1 Å². The standard InChI is InChI=1S/C22H28N2O4S/c1-18-12-14-23(15-13-18)22(25)16-24(29(2,26)27)20-8-10-21(11-9-20)28-17-19-6-4-3-5-7-19/h3-11,18H,12-17H2,1-2H3. The largest absolute Gasteiger partial charge is 0.489 e. The number of carbonyl (C=O) groups excluding carboxylic acids is 1. The van der Waals surface area contributed by atoms with Crippen molar-refractivity contribution in [3.8, 4) is 5.75 Å². The second-order valence-corrected chi connectivity index (χ2v) is 9.51. The molecule has 3 rings (SSSR count). The molecule has 0 unspecified atom stereocenters. The number of rotatable bonds is 7. The summed E-state index contributed by atoms with van der Waals surface area (Å²) in [4.78, 5) is 14.4. The van der Waals surface area contributed by atoms with Gasteiger partial charge < -0.3 is 9.64 Å². The van der Waals surface area contributed by atoms with Crippen LogP contribution >= 0.6 is 0 Å². The third-order valence-corrected chi connectivity index (χ3v) is 6.33. The number of carbonyl (C=O) groups is 1. The normalized spacial score (nSPS) is 15.2. The minimum Gasteiger partial charge on any atom is -0.489 e. The van der Waals surface area contributed by atoms with Gasteiger partial charge in [-0.3, -0.25) is 9.10 Å². The van der Waals surface area contributed by atoms with Crippen molar-refractivity contribution in [2.45, 2.75) is 26.4 Å². The van der Waals surface area contributed by atoms with E-state index >= 15 is 0 Å². The minimum absolute atomic E-state index is 0.160. The molecule has 2 aromatic carbocycles. The zero-order valence-corrected chi connectivity index (χ0v) is 17.8. The molecule has 6 nitrogen and oxygen atoms in total. The van der Waals surface area contributed by atoms with E-state index in [0.717, 1.165) is 29.0 Å². The highest BCUT2D eigenvalue weighted by Gasteiger charge is 2.26. The molecule has 2 aromatic rings. The van der Waals surface area contributed by atoms with Crippen molar-refractivity contribution in [2.75, 3.05) is 30.2 Å². The monoisotopic (exact) mass is 416 g/mol. The van der Waals surface area contributed by atoms with E-state index in [4.69, 9.17) is 4.74 Å². The zero-order chi connectivity index (χ0) is 20.9. The highest BCUT2D eigenvalue weighted by atomic mass is 32.2. The Morgan fingerprint density at radius 3 is 2.28 bits per heavy atom. The second kappa shape index (κ2) is 9.31. The molecular formula is C22H28N2O4S. The molecule has 0 radical (unpaired) electrons.